The van der Waals surface area contributed by atoms with Gasteiger partial charge in [0.1, 0.15) is 5.75 Å². The average molecular weight is 329 g/mol. The third kappa shape index (κ3) is 4.21. The second kappa shape index (κ2) is 7.28. The number of nitrogens with one attached hydrogen (secondary N) is 1. The third-order valence-corrected chi connectivity index (χ3v) is 5.29. The van der Waals surface area contributed by atoms with Crippen LogP contribution in [0.25, 0.3) is 0 Å². The molecule has 3 rings (SSSR count). The van der Waals surface area contributed by atoms with Crippen molar-refractivity contribution in [1.82, 2.24) is 5.32 Å². The number of hydrogen-bond donors (Lipinski definition) is 1. The Bertz CT molecular complexity index is 663. The molecule has 122 valence electrons. The van der Waals surface area contributed by atoms with E-state index in [0.717, 1.165) is 23.1 Å². The smallest absolute Gasteiger partial charge is 0.118 e. The highest BCUT2D eigenvalue weighted by molar-refractivity contribution is 7.84. The molecule has 0 spiro atoms. The van der Waals surface area contributed by atoms with Gasteiger partial charge in [-0.2, -0.15) is 0 Å². The summed E-state index contributed by atoms with van der Waals surface area (Å²) in [4.78, 5) is 0.877. The van der Waals surface area contributed by atoms with E-state index in [4.69, 9.17) is 4.74 Å². The predicted octanol–water partition coefficient (Wildman–Crippen LogP) is 3.67. The van der Waals surface area contributed by atoms with Crippen molar-refractivity contribution in [3.8, 4) is 5.75 Å². The van der Waals surface area contributed by atoms with Crippen LogP contribution in [-0.2, 0) is 17.3 Å². The van der Waals surface area contributed by atoms with Crippen LogP contribution in [0, 0.1) is 5.92 Å². The molecule has 1 fully saturated rings. The summed E-state index contributed by atoms with van der Waals surface area (Å²) in [5, 5.41) is 3.68. The Hall–Kier alpha value is -1.65. The molecule has 1 N–H and O–H groups in total. The zero-order chi connectivity index (χ0) is 16.2. The Morgan fingerprint density at radius 2 is 1.78 bits per heavy atom. The van der Waals surface area contributed by atoms with Gasteiger partial charge in [0.15, 0.2) is 0 Å². The van der Waals surface area contributed by atoms with Gasteiger partial charge in [-0.3, -0.25) is 4.21 Å². The van der Waals surface area contributed by atoms with Crippen LogP contribution in [0.5, 0.6) is 5.75 Å². The molecule has 2 aromatic carbocycles. The van der Waals surface area contributed by atoms with Crippen molar-refractivity contribution in [1.29, 1.82) is 0 Å². The van der Waals surface area contributed by atoms with Gasteiger partial charge in [0, 0.05) is 34.5 Å². The maximum atomic E-state index is 11.4. The molecule has 0 aliphatic heterocycles. The predicted molar refractivity (Wildman–Crippen MR) is 94.1 cm³/mol. The Morgan fingerprint density at radius 3 is 2.30 bits per heavy atom. The van der Waals surface area contributed by atoms with E-state index in [1.807, 2.05) is 24.3 Å². The van der Waals surface area contributed by atoms with Gasteiger partial charge >= 0.3 is 0 Å². The largest absolute Gasteiger partial charge is 0.497 e. The highest BCUT2D eigenvalue weighted by atomic mass is 32.2. The summed E-state index contributed by atoms with van der Waals surface area (Å²) in [6.45, 7) is 0.823. The molecule has 0 heterocycles. The molecule has 0 amide bonds. The van der Waals surface area contributed by atoms with Crippen LogP contribution in [0.3, 0.4) is 0 Å². The number of rotatable bonds is 7. The molecule has 1 aliphatic rings. The first kappa shape index (κ1) is 16.2. The molecule has 0 bridgehead atoms. The topological polar surface area (TPSA) is 38.3 Å². The van der Waals surface area contributed by atoms with Crippen molar-refractivity contribution in [2.45, 2.75) is 30.3 Å². The van der Waals surface area contributed by atoms with E-state index in [-0.39, 0.29) is 0 Å². The van der Waals surface area contributed by atoms with Crippen LogP contribution in [0.1, 0.15) is 30.0 Å². The van der Waals surface area contributed by atoms with Gasteiger partial charge in [-0.25, -0.2) is 0 Å². The molecule has 1 aliphatic carbocycles. The first-order valence-corrected chi connectivity index (χ1v) is 9.53. The summed E-state index contributed by atoms with van der Waals surface area (Å²) in [5.41, 5.74) is 2.54. The van der Waals surface area contributed by atoms with Crippen LogP contribution in [0.2, 0.25) is 0 Å². The van der Waals surface area contributed by atoms with E-state index >= 15 is 0 Å². The Labute approximate surface area is 140 Å². The maximum Gasteiger partial charge on any atom is 0.118 e. The molecule has 4 heteroatoms. The van der Waals surface area contributed by atoms with Gasteiger partial charge in [0.2, 0.25) is 0 Å². The molecule has 3 nitrogen and oxygen atoms in total. The van der Waals surface area contributed by atoms with Gasteiger partial charge in [0.25, 0.3) is 0 Å². The SMILES string of the molecule is COc1ccc([C@@H](NCc2ccc([S@](C)=O)cc2)C2CC2)cc1. The van der Waals surface area contributed by atoms with Crippen LogP contribution >= 0.6 is 0 Å². The molecule has 1 saturated carbocycles. The zero-order valence-electron chi connectivity index (χ0n) is 13.6. The lowest BCUT2D eigenvalue weighted by atomic mass is 10.0. The fourth-order valence-corrected chi connectivity index (χ4v) is 3.34. The summed E-state index contributed by atoms with van der Waals surface area (Å²) in [5.74, 6) is 1.62. The number of ether oxygens (including phenoxy) is 1. The maximum absolute atomic E-state index is 11.4. The Kier molecular flexibility index (Phi) is 5.13. The van der Waals surface area contributed by atoms with Crippen molar-refractivity contribution in [3.63, 3.8) is 0 Å². The zero-order valence-corrected chi connectivity index (χ0v) is 14.4. The summed E-state index contributed by atoms with van der Waals surface area (Å²) >= 11 is 0. The molecular formula is C19H23NO2S. The minimum atomic E-state index is -0.913. The second-order valence-electron chi connectivity index (χ2n) is 6.07. The minimum absolute atomic E-state index is 0.390. The fourth-order valence-electron chi connectivity index (χ4n) is 2.82. The normalized spacial score (nSPS) is 16.8. The van der Waals surface area contributed by atoms with Gasteiger partial charge in [-0.1, -0.05) is 24.3 Å². The van der Waals surface area contributed by atoms with Crippen molar-refractivity contribution in [3.05, 3.63) is 59.7 Å². The standard InChI is InChI=1S/C19H23NO2S/c1-22-17-9-7-16(8-10-17)19(15-5-6-15)20-13-14-3-11-18(12-4-14)23(2)21/h3-4,7-12,15,19-20H,5-6,13H2,1-2H3/t19-,23-/m0/s1. The number of methoxy groups -OCH3 is 1. The highest BCUT2D eigenvalue weighted by Gasteiger charge is 2.31. The molecule has 0 saturated heterocycles. The van der Waals surface area contributed by atoms with Crippen LogP contribution < -0.4 is 10.1 Å². The van der Waals surface area contributed by atoms with Crippen molar-refractivity contribution in [2.75, 3.05) is 13.4 Å². The van der Waals surface area contributed by atoms with Crippen LogP contribution in [-0.4, -0.2) is 17.6 Å². The Balaban J connectivity index is 1.66. The van der Waals surface area contributed by atoms with Gasteiger partial charge in [-0.05, 0) is 54.2 Å². The van der Waals surface area contributed by atoms with E-state index in [1.165, 1.54) is 24.0 Å². The molecule has 2 aromatic rings. The van der Waals surface area contributed by atoms with Crippen LogP contribution in [0.4, 0.5) is 0 Å². The van der Waals surface area contributed by atoms with E-state index in [2.05, 4.69) is 29.6 Å². The summed E-state index contributed by atoms with van der Waals surface area (Å²) < 4.78 is 16.7. The number of hydrogen-bond acceptors (Lipinski definition) is 3. The molecule has 0 aromatic heterocycles. The van der Waals surface area contributed by atoms with Gasteiger partial charge < -0.3 is 10.1 Å². The molecule has 23 heavy (non-hydrogen) atoms. The highest BCUT2D eigenvalue weighted by Crippen LogP contribution is 2.41. The monoisotopic (exact) mass is 329 g/mol. The second-order valence-corrected chi connectivity index (χ2v) is 7.45. The van der Waals surface area contributed by atoms with Crippen molar-refractivity contribution >= 4 is 10.8 Å². The number of benzene rings is 2. The third-order valence-electron chi connectivity index (χ3n) is 4.35. The first-order chi connectivity index (χ1) is 11.2. The summed E-state index contributed by atoms with van der Waals surface area (Å²) in [6, 6.07) is 16.8. The molecule has 0 unspecified atom stereocenters. The molecular weight excluding hydrogens is 306 g/mol. The fraction of sp³-hybridized carbons (Fsp3) is 0.368. The van der Waals surface area contributed by atoms with E-state index in [9.17, 15) is 4.21 Å². The summed E-state index contributed by atoms with van der Waals surface area (Å²) in [6.07, 6.45) is 4.29. The van der Waals surface area contributed by atoms with Crippen molar-refractivity contribution in [2.24, 2.45) is 5.92 Å². The van der Waals surface area contributed by atoms with E-state index in [0.29, 0.717) is 6.04 Å². The van der Waals surface area contributed by atoms with Gasteiger partial charge in [-0.15, -0.1) is 0 Å². The lowest BCUT2D eigenvalue weighted by Crippen LogP contribution is -2.22. The minimum Gasteiger partial charge on any atom is -0.497 e. The lowest BCUT2D eigenvalue weighted by Gasteiger charge is -2.19. The van der Waals surface area contributed by atoms with Crippen LogP contribution in [0.15, 0.2) is 53.4 Å². The van der Waals surface area contributed by atoms with Gasteiger partial charge in [0.05, 0.1) is 7.11 Å². The van der Waals surface area contributed by atoms with E-state index < -0.39 is 10.8 Å². The molecule has 0 radical (unpaired) electrons. The quantitative estimate of drug-likeness (QED) is 0.842. The average Bonchev–Trinajstić information content (AvgIpc) is 3.41. The lowest BCUT2D eigenvalue weighted by molar-refractivity contribution is 0.413. The Morgan fingerprint density at radius 1 is 1.13 bits per heavy atom. The van der Waals surface area contributed by atoms with E-state index in [1.54, 1.807) is 13.4 Å². The van der Waals surface area contributed by atoms with Crippen molar-refractivity contribution < 1.29 is 8.95 Å². The molecule has 2 atom stereocenters. The first-order valence-electron chi connectivity index (χ1n) is 7.97. The summed E-state index contributed by atoms with van der Waals surface area (Å²) in [7, 11) is 0.781.